The van der Waals surface area contributed by atoms with Gasteiger partial charge in [-0.05, 0) is 0 Å². The molecule has 0 spiro atoms. The Morgan fingerprint density at radius 1 is 1.00 bits per heavy atom. The van der Waals surface area contributed by atoms with Crippen molar-refractivity contribution >= 4 is 0 Å². The summed E-state index contributed by atoms with van der Waals surface area (Å²) < 4.78 is 0. The predicted molar refractivity (Wildman–Crippen MR) is 8.64 cm³/mol. The molecule has 4 heteroatoms. The Bertz CT molecular complexity index is 8.00. The molecule has 0 aliphatic carbocycles. The van der Waals surface area contributed by atoms with E-state index in [0.29, 0.717) is 0 Å². The third-order valence-corrected chi connectivity index (χ3v) is 0. The van der Waals surface area contributed by atoms with Crippen molar-refractivity contribution in [3.05, 3.63) is 0 Å². The maximum Gasteiger partial charge on any atom is 0 e. The van der Waals surface area contributed by atoms with Gasteiger partial charge in [0.05, 0.1) is 0 Å². The van der Waals surface area contributed by atoms with E-state index >= 15 is 0 Å². The number of rotatable bonds is 0. The molecular formula is H5CoNNiO. The van der Waals surface area contributed by atoms with E-state index in [-0.39, 0.29) is 44.9 Å². The van der Waals surface area contributed by atoms with Gasteiger partial charge in [0.25, 0.3) is 0 Å². The first-order valence-corrected chi connectivity index (χ1v) is 0. The summed E-state index contributed by atoms with van der Waals surface area (Å²) >= 11 is 0. The quantitative estimate of drug-likeness (QED) is 0.460. The van der Waals surface area contributed by atoms with E-state index in [1.165, 1.54) is 0 Å². The summed E-state index contributed by atoms with van der Waals surface area (Å²) in [5.41, 5.74) is 0. The minimum Gasteiger partial charge on any atom is -0.412 e. The molecular weight excluding hydrogens is 148 g/mol. The number of hydrogen-bond acceptors (Lipinski definition) is 1. The topological polar surface area (TPSA) is 66.5 Å². The van der Waals surface area contributed by atoms with Crippen molar-refractivity contribution in [1.29, 1.82) is 0 Å². The van der Waals surface area contributed by atoms with E-state index in [4.69, 9.17) is 0 Å². The van der Waals surface area contributed by atoms with Gasteiger partial charge in [0.15, 0.2) is 0 Å². The molecule has 0 unspecified atom stereocenters. The van der Waals surface area contributed by atoms with Gasteiger partial charge < -0.3 is 11.6 Å². The van der Waals surface area contributed by atoms with Crippen molar-refractivity contribution in [2.24, 2.45) is 0 Å². The molecule has 0 aromatic heterocycles. The molecule has 0 aromatic carbocycles. The minimum absolute atomic E-state index is 0. The molecule has 0 heterocycles. The Labute approximate surface area is 45.4 Å². The second kappa shape index (κ2) is 39.5. The number of hydrogen-bond donors (Lipinski definition) is 1. The molecule has 0 atom stereocenters. The van der Waals surface area contributed by atoms with Gasteiger partial charge in [0, 0.05) is 33.3 Å². The Balaban J connectivity index is 0. The first-order valence-electron chi connectivity index (χ1n) is 0. The van der Waals surface area contributed by atoms with Crippen molar-refractivity contribution in [2.75, 3.05) is 0 Å². The minimum atomic E-state index is 0. The molecule has 4 heavy (non-hydrogen) atoms. The smallest absolute Gasteiger partial charge is 0 e. The normalized spacial score (nSPS) is 0. The van der Waals surface area contributed by atoms with E-state index in [2.05, 4.69) is 0 Å². The molecule has 0 aliphatic heterocycles. The molecule has 2 nitrogen and oxygen atoms in total. The van der Waals surface area contributed by atoms with Gasteiger partial charge in [0.1, 0.15) is 0 Å². The summed E-state index contributed by atoms with van der Waals surface area (Å²) in [7, 11) is 0. The average Bonchev–Trinajstić information content (AvgIpc) is 0. The van der Waals surface area contributed by atoms with E-state index < -0.39 is 0 Å². The van der Waals surface area contributed by atoms with Gasteiger partial charge in [0.2, 0.25) is 0 Å². The van der Waals surface area contributed by atoms with Crippen LogP contribution in [0.15, 0.2) is 0 Å². The van der Waals surface area contributed by atoms with Gasteiger partial charge in [-0.15, -0.1) is 0 Å². The van der Waals surface area contributed by atoms with Crippen LogP contribution in [0.25, 0.3) is 0 Å². The third-order valence-electron chi connectivity index (χ3n) is 0. The largest absolute Gasteiger partial charge is 0.412 e. The van der Waals surface area contributed by atoms with Crippen LogP contribution in [-0.4, -0.2) is 5.48 Å². The maximum absolute atomic E-state index is 0. The van der Waals surface area contributed by atoms with Crippen LogP contribution in [0.3, 0.4) is 0 Å². The van der Waals surface area contributed by atoms with Crippen LogP contribution in [0.5, 0.6) is 0 Å². The van der Waals surface area contributed by atoms with Crippen LogP contribution in [0.2, 0.25) is 0 Å². The van der Waals surface area contributed by atoms with Crippen molar-refractivity contribution < 1.29 is 38.7 Å². The van der Waals surface area contributed by atoms with Crippen molar-refractivity contribution in [3.8, 4) is 0 Å². The predicted octanol–water partition coefficient (Wildman–Crippen LogP) is -0.668. The zero-order valence-electron chi connectivity index (χ0n) is 1.86. The molecule has 1 radical (unpaired) electrons. The second-order valence-electron chi connectivity index (χ2n) is 0. The molecule has 0 bridgehead atoms. The van der Waals surface area contributed by atoms with Crippen LogP contribution >= 0.6 is 0 Å². The fourth-order valence-electron chi connectivity index (χ4n) is 0. The van der Waals surface area contributed by atoms with Crippen LogP contribution in [0, 0.1) is 0 Å². The SMILES string of the molecule is N.O.[Co].[Ni]. The fraction of sp³-hybridized carbons (Fsp3) is 0. The molecule has 35 valence electrons. The van der Waals surface area contributed by atoms with E-state index in [1.54, 1.807) is 0 Å². The van der Waals surface area contributed by atoms with Gasteiger partial charge in [-0.1, -0.05) is 0 Å². The Morgan fingerprint density at radius 2 is 1.00 bits per heavy atom. The van der Waals surface area contributed by atoms with E-state index in [9.17, 15) is 0 Å². The Morgan fingerprint density at radius 3 is 1.00 bits per heavy atom. The Hall–Kier alpha value is 0.920. The monoisotopic (exact) mass is 152 g/mol. The van der Waals surface area contributed by atoms with E-state index in [1.807, 2.05) is 0 Å². The fourth-order valence-corrected chi connectivity index (χ4v) is 0. The molecule has 5 N–H and O–H groups in total. The summed E-state index contributed by atoms with van der Waals surface area (Å²) in [5.74, 6) is 0. The van der Waals surface area contributed by atoms with Crippen molar-refractivity contribution in [3.63, 3.8) is 0 Å². The molecule has 0 aromatic rings. The Kier molecular flexibility index (Phi) is 882. The zero-order valence-corrected chi connectivity index (χ0v) is 3.89. The summed E-state index contributed by atoms with van der Waals surface area (Å²) in [5, 5.41) is 0. The van der Waals surface area contributed by atoms with Gasteiger partial charge in [-0.2, -0.15) is 0 Å². The average molecular weight is 153 g/mol. The molecule has 0 amide bonds. The van der Waals surface area contributed by atoms with Gasteiger partial charge >= 0.3 is 0 Å². The van der Waals surface area contributed by atoms with E-state index in [0.717, 1.165) is 0 Å². The first-order chi connectivity index (χ1) is 0. The first kappa shape index (κ1) is 89.3. The molecule has 0 saturated carbocycles. The van der Waals surface area contributed by atoms with Crippen molar-refractivity contribution in [1.82, 2.24) is 6.15 Å². The molecule has 0 saturated heterocycles. The summed E-state index contributed by atoms with van der Waals surface area (Å²) in [6.07, 6.45) is 0. The van der Waals surface area contributed by atoms with Crippen LogP contribution in [0.1, 0.15) is 0 Å². The summed E-state index contributed by atoms with van der Waals surface area (Å²) in [6, 6.07) is 0. The van der Waals surface area contributed by atoms with Gasteiger partial charge in [-0.25, -0.2) is 0 Å². The maximum atomic E-state index is 0. The molecule has 0 fully saturated rings. The third kappa shape index (κ3) is 12.7. The van der Waals surface area contributed by atoms with Crippen LogP contribution in [-0.2, 0) is 33.3 Å². The standard InChI is InChI=1S/Co.H3N.Ni.H2O/h;1H3;;1H2. The van der Waals surface area contributed by atoms with Crippen LogP contribution < -0.4 is 6.15 Å². The molecule has 0 rings (SSSR count). The second-order valence-corrected chi connectivity index (χ2v) is 0. The van der Waals surface area contributed by atoms with Gasteiger partial charge in [-0.3, -0.25) is 0 Å². The summed E-state index contributed by atoms with van der Waals surface area (Å²) in [4.78, 5) is 0. The summed E-state index contributed by atoms with van der Waals surface area (Å²) in [6.45, 7) is 0. The van der Waals surface area contributed by atoms with Crippen molar-refractivity contribution in [2.45, 2.75) is 0 Å². The van der Waals surface area contributed by atoms with Crippen LogP contribution in [0.4, 0.5) is 0 Å². The zero-order chi connectivity index (χ0) is 0. The molecule has 0 aliphatic rings.